The van der Waals surface area contributed by atoms with E-state index < -0.39 is 0 Å². The van der Waals surface area contributed by atoms with Gasteiger partial charge >= 0.3 is 0 Å². The molecule has 0 radical (unpaired) electrons. The highest BCUT2D eigenvalue weighted by Gasteiger charge is 2.35. The summed E-state index contributed by atoms with van der Waals surface area (Å²) >= 11 is 0. The third-order valence-corrected chi connectivity index (χ3v) is 4.19. The molecule has 1 saturated heterocycles. The number of halogens is 1. The molecule has 0 spiro atoms. The molecule has 0 aromatic carbocycles. The van der Waals surface area contributed by atoms with Crippen LogP contribution >= 0.6 is 12.4 Å². The molecule has 1 aliphatic heterocycles. The van der Waals surface area contributed by atoms with Crippen molar-refractivity contribution in [2.45, 2.75) is 66.0 Å². The van der Waals surface area contributed by atoms with Crippen LogP contribution in [0.4, 0.5) is 0 Å². The van der Waals surface area contributed by atoms with Crippen LogP contribution in [0.25, 0.3) is 0 Å². The van der Waals surface area contributed by atoms with Crippen LogP contribution in [-0.2, 0) is 9.53 Å². The minimum Gasteiger partial charge on any atom is -0.378 e. The number of amides is 1. The van der Waals surface area contributed by atoms with Gasteiger partial charge in [-0.2, -0.15) is 0 Å². The minimum absolute atomic E-state index is 0. The first kappa shape index (κ1) is 20.7. The lowest BCUT2D eigenvalue weighted by molar-refractivity contribution is -0.136. The monoisotopic (exact) mass is 320 g/mol. The maximum atomic E-state index is 12.2. The molecule has 21 heavy (non-hydrogen) atoms. The van der Waals surface area contributed by atoms with Crippen molar-refractivity contribution in [2.75, 3.05) is 19.7 Å². The molecular weight excluding hydrogens is 288 g/mol. The summed E-state index contributed by atoms with van der Waals surface area (Å²) in [5, 5.41) is 0. The van der Waals surface area contributed by atoms with Crippen molar-refractivity contribution >= 4 is 18.3 Å². The lowest BCUT2D eigenvalue weighted by Crippen LogP contribution is -2.54. The molecule has 2 unspecified atom stereocenters. The maximum absolute atomic E-state index is 12.2. The first-order chi connectivity index (χ1) is 9.22. The van der Waals surface area contributed by atoms with E-state index in [0.29, 0.717) is 18.9 Å². The van der Waals surface area contributed by atoms with Crippen molar-refractivity contribution in [1.29, 1.82) is 0 Å². The van der Waals surface area contributed by atoms with E-state index in [1.807, 2.05) is 4.90 Å². The number of nitrogens with two attached hydrogens (primary N) is 1. The number of hydrogen-bond donors (Lipinski definition) is 1. The van der Waals surface area contributed by atoms with Crippen molar-refractivity contribution in [3.8, 4) is 0 Å². The molecule has 126 valence electrons. The highest BCUT2D eigenvalue weighted by atomic mass is 35.5. The van der Waals surface area contributed by atoms with Crippen LogP contribution in [0.2, 0.25) is 0 Å². The van der Waals surface area contributed by atoms with Crippen molar-refractivity contribution in [1.82, 2.24) is 4.90 Å². The van der Waals surface area contributed by atoms with Crippen LogP contribution in [0.15, 0.2) is 0 Å². The van der Waals surface area contributed by atoms with Gasteiger partial charge in [-0.05, 0) is 31.1 Å². The Balaban J connectivity index is 0.00000400. The molecule has 2 N–H and O–H groups in total. The molecule has 0 bridgehead atoms. The fraction of sp³-hybridized carbons (Fsp3) is 0.938. The lowest BCUT2D eigenvalue weighted by Gasteiger charge is -2.42. The Morgan fingerprint density at radius 2 is 2.00 bits per heavy atom. The van der Waals surface area contributed by atoms with Crippen LogP contribution in [0.5, 0.6) is 0 Å². The normalized spacial score (nSPS) is 22.8. The Bertz CT molecular complexity index is 321. The van der Waals surface area contributed by atoms with E-state index in [2.05, 4.69) is 34.6 Å². The molecule has 1 fully saturated rings. The summed E-state index contributed by atoms with van der Waals surface area (Å²) in [4.78, 5) is 14.1. The average molecular weight is 321 g/mol. The summed E-state index contributed by atoms with van der Waals surface area (Å²) in [5.41, 5.74) is 6.11. The van der Waals surface area contributed by atoms with Gasteiger partial charge in [-0.15, -0.1) is 12.4 Å². The number of hydrogen-bond acceptors (Lipinski definition) is 3. The van der Waals surface area contributed by atoms with Crippen LogP contribution in [-0.4, -0.2) is 42.6 Å². The zero-order valence-corrected chi connectivity index (χ0v) is 15.0. The lowest BCUT2D eigenvalue weighted by atomic mass is 9.79. The second-order valence-electron chi connectivity index (χ2n) is 7.26. The van der Waals surface area contributed by atoms with Gasteiger partial charge in [-0.25, -0.2) is 0 Å². The Hall–Kier alpha value is -0.320. The van der Waals surface area contributed by atoms with E-state index in [0.717, 1.165) is 25.9 Å². The van der Waals surface area contributed by atoms with E-state index in [-0.39, 0.29) is 35.9 Å². The predicted molar refractivity (Wildman–Crippen MR) is 89.7 cm³/mol. The molecule has 0 saturated carbocycles. The fourth-order valence-electron chi connectivity index (χ4n) is 2.82. The molecule has 1 heterocycles. The van der Waals surface area contributed by atoms with Gasteiger partial charge in [0.05, 0.1) is 19.1 Å². The largest absolute Gasteiger partial charge is 0.378 e. The smallest absolute Gasteiger partial charge is 0.224 e. The molecular formula is C16H33ClN2O2. The summed E-state index contributed by atoms with van der Waals surface area (Å²) in [6, 6.07) is 0.189. The fourth-order valence-corrected chi connectivity index (χ4v) is 2.82. The van der Waals surface area contributed by atoms with Crippen LogP contribution in [0.3, 0.4) is 0 Å². The second kappa shape index (κ2) is 8.96. The standard InChI is InChI=1S/C16H32N2O2.ClH/c1-12(2)10-13(3)20-9-7-15(19)18-8-6-14(17)16(4,5)11-18;/h12-14H,6-11,17H2,1-5H3;1H. The van der Waals surface area contributed by atoms with Gasteiger partial charge in [0.2, 0.25) is 5.91 Å². The Morgan fingerprint density at radius 3 is 2.52 bits per heavy atom. The number of carbonyl (C=O) groups excluding carboxylic acids is 1. The zero-order chi connectivity index (χ0) is 15.3. The van der Waals surface area contributed by atoms with Gasteiger partial charge in [0.1, 0.15) is 0 Å². The summed E-state index contributed by atoms with van der Waals surface area (Å²) in [7, 11) is 0. The highest BCUT2D eigenvalue weighted by Crippen LogP contribution is 2.27. The maximum Gasteiger partial charge on any atom is 0.224 e. The summed E-state index contributed by atoms with van der Waals surface area (Å²) < 4.78 is 5.72. The zero-order valence-electron chi connectivity index (χ0n) is 14.2. The third-order valence-electron chi connectivity index (χ3n) is 4.19. The Labute approximate surface area is 136 Å². The number of piperidine rings is 1. The molecule has 2 atom stereocenters. The number of carbonyl (C=O) groups is 1. The van der Waals surface area contributed by atoms with Crippen molar-refractivity contribution in [2.24, 2.45) is 17.1 Å². The quantitative estimate of drug-likeness (QED) is 0.818. The van der Waals surface area contributed by atoms with Crippen molar-refractivity contribution in [3.05, 3.63) is 0 Å². The average Bonchev–Trinajstić information content (AvgIpc) is 2.31. The Morgan fingerprint density at radius 1 is 1.38 bits per heavy atom. The number of rotatable bonds is 6. The first-order valence-electron chi connectivity index (χ1n) is 7.87. The van der Waals surface area contributed by atoms with Gasteiger partial charge in [0.15, 0.2) is 0 Å². The molecule has 0 aromatic rings. The van der Waals surface area contributed by atoms with Crippen molar-refractivity contribution < 1.29 is 9.53 Å². The summed E-state index contributed by atoms with van der Waals surface area (Å²) in [5.74, 6) is 0.826. The van der Waals surface area contributed by atoms with Crippen LogP contribution < -0.4 is 5.73 Å². The highest BCUT2D eigenvalue weighted by molar-refractivity contribution is 5.85. The van der Waals surface area contributed by atoms with Crippen LogP contribution in [0, 0.1) is 11.3 Å². The SMILES string of the molecule is CC(C)CC(C)OCCC(=O)N1CCC(N)C(C)(C)C1.Cl. The molecule has 0 aliphatic carbocycles. The van der Waals surface area contributed by atoms with Gasteiger partial charge in [-0.1, -0.05) is 27.7 Å². The molecule has 1 amide bonds. The predicted octanol–water partition coefficient (Wildman–Crippen LogP) is 2.84. The van der Waals surface area contributed by atoms with E-state index >= 15 is 0 Å². The number of likely N-dealkylation sites (tertiary alicyclic amines) is 1. The first-order valence-corrected chi connectivity index (χ1v) is 7.87. The van der Waals surface area contributed by atoms with E-state index in [1.54, 1.807) is 0 Å². The topological polar surface area (TPSA) is 55.6 Å². The minimum atomic E-state index is 0. The summed E-state index contributed by atoms with van der Waals surface area (Å²) in [6.07, 6.45) is 2.64. The van der Waals surface area contributed by atoms with Gasteiger partial charge in [-0.3, -0.25) is 4.79 Å². The number of ether oxygens (including phenoxy) is 1. The molecule has 4 nitrogen and oxygen atoms in total. The summed E-state index contributed by atoms with van der Waals surface area (Å²) in [6.45, 7) is 12.8. The van der Waals surface area contributed by atoms with Crippen LogP contribution in [0.1, 0.15) is 53.9 Å². The van der Waals surface area contributed by atoms with Gasteiger partial charge < -0.3 is 15.4 Å². The third kappa shape index (κ3) is 6.98. The molecule has 1 aliphatic rings. The molecule has 5 heteroatoms. The number of nitrogens with zero attached hydrogens (tertiary/aromatic N) is 1. The Kier molecular flexibility index (Phi) is 8.83. The molecule has 0 aromatic heterocycles. The molecule has 1 rings (SSSR count). The van der Waals surface area contributed by atoms with E-state index in [4.69, 9.17) is 10.5 Å². The van der Waals surface area contributed by atoms with E-state index in [9.17, 15) is 4.79 Å². The van der Waals surface area contributed by atoms with E-state index in [1.165, 1.54) is 0 Å². The van der Waals surface area contributed by atoms with Gasteiger partial charge in [0.25, 0.3) is 0 Å². The van der Waals surface area contributed by atoms with Gasteiger partial charge in [0, 0.05) is 19.1 Å². The van der Waals surface area contributed by atoms with Crippen molar-refractivity contribution in [3.63, 3.8) is 0 Å². The second-order valence-corrected chi connectivity index (χ2v) is 7.26.